The molecule has 0 aliphatic heterocycles. The fourth-order valence-corrected chi connectivity index (χ4v) is 5.15. The van der Waals surface area contributed by atoms with E-state index >= 15 is 0 Å². The van der Waals surface area contributed by atoms with Gasteiger partial charge in [-0.15, -0.1) is 23.2 Å². The minimum absolute atomic E-state index is 0.0641. The summed E-state index contributed by atoms with van der Waals surface area (Å²) in [7, 11) is 0. The van der Waals surface area contributed by atoms with Gasteiger partial charge in [-0.2, -0.15) is 0 Å². The zero-order valence-electron chi connectivity index (χ0n) is 16.5. The zero-order valence-corrected chi connectivity index (χ0v) is 20.3. The molecule has 4 nitrogen and oxygen atoms in total. The van der Waals surface area contributed by atoms with Crippen LogP contribution in [-0.2, 0) is 4.79 Å². The molecule has 2 amide bonds. The molecule has 0 bridgehead atoms. The van der Waals surface area contributed by atoms with Crippen molar-refractivity contribution in [2.24, 2.45) is 5.92 Å². The molecule has 2 N–H and O–H groups in total. The Kier molecular flexibility index (Phi) is 6.81. The number of rotatable bonds is 5. The van der Waals surface area contributed by atoms with Gasteiger partial charge in [-0.05, 0) is 60.2 Å². The van der Waals surface area contributed by atoms with Crippen LogP contribution in [0.25, 0.3) is 0 Å². The molecule has 170 valence electrons. The van der Waals surface area contributed by atoms with Crippen molar-refractivity contribution < 1.29 is 14.0 Å². The number of hydrogen-bond acceptors (Lipinski definition) is 2. The smallest absolute Gasteiger partial charge is 0.255 e. The van der Waals surface area contributed by atoms with Crippen molar-refractivity contribution in [2.75, 3.05) is 10.6 Å². The highest BCUT2D eigenvalue weighted by Gasteiger charge is 2.67. The number of carbonyl (C=O) groups excluding carboxylic acids is 2. The molecular formula is C23H14Cl5FN2O2. The lowest BCUT2D eigenvalue weighted by Crippen LogP contribution is -2.18. The monoisotopic (exact) mass is 544 g/mol. The lowest BCUT2D eigenvalue weighted by Gasteiger charge is -2.10. The molecule has 3 aromatic rings. The highest BCUT2D eigenvalue weighted by atomic mass is 35.5. The molecule has 4 rings (SSSR count). The number of alkyl halides is 2. The van der Waals surface area contributed by atoms with Crippen molar-refractivity contribution in [2.45, 2.75) is 10.3 Å². The second kappa shape index (κ2) is 9.32. The number of hydrogen-bond donors (Lipinski definition) is 2. The van der Waals surface area contributed by atoms with Crippen molar-refractivity contribution in [1.82, 2.24) is 0 Å². The Balaban J connectivity index is 1.48. The van der Waals surface area contributed by atoms with E-state index in [0.717, 1.165) is 6.07 Å². The van der Waals surface area contributed by atoms with Crippen LogP contribution in [0.15, 0.2) is 60.7 Å². The SMILES string of the molecule is O=C(Nc1ccc(F)cc1Cl)c1cccc(NC(=O)C2C(c3cc(Cl)cc(Cl)c3)C2(Cl)Cl)c1. The predicted octanol–water partition coefficient (Wildman–Crippen LogP) is 7.56. The van der Waals surface area contributed by atoms with Crippen LogP contribution in [0.1, 0.15) is 21.8 Å². The molecule has 0 heterocycles. The minimum atomic E-state index is -1.33. The Morgan fingerprint density at radius 1 is 0.879 bits per heavy atom. The first-order chi connectivity index (χ1) is 15.6. The van der Waals surface area contributed by atoms with E-state index in [1.807, 2.05) is 0 Å². The molecular weight excluding hydrogens is 533 g/mol. The molecule has 2 atom stereocenters. The zero-order chi connectivity index (χ0) is 23.9. The number of anilines is 2. The van der Waals surface area contributed by atoms with E-state index in [4.69, 9.17) is 58.0 Å². The number of carbonyl (C=O) groups is 2. The molecule has 1 aliphatic rings. The molecule has 0 radical (unpaired) electrons. The Bertz CT molecular complexity index is 1250. The van der Waals surface area contributed by atoms with Crippen LogP contribution in [0.5, 0.6) is 0 Å². The standard InChI is InChI=1S/C23H14Cl5FN2O2/c24-13-6-12(7-14(25)9-13)19-20(23(19,27)28)22(33)30-16-3-1-2-11(8-16)21(32)31-18-5-4-15(29)10-17(18)26/h1-10,19-20H,(H,30,33)(H,31,32). The van der Waals surface area contributed by atoms with Gasteiger partial charge in [0.2, 0.25) is 5.91 Å². The quantitative estimate of drug-likeness (QED) is 0.325. The number of benzene rings is 3. The van der Waals surface area contributed by atoms with E-state index in [0.29, 0.717) is 21.3 Å². The summed E-state index contributed by atoms with van der Waals surface area (Å²) in [5.74, 6) is -2.66. The summed E-state index contributed by atoms with van der Waals surface area (Å²) in [5.41, 5.74) is 1.54. The summed E-state index contributed by atoms with van der Waals surface area (Å²) in [6.07, 6.45) is 0. The highest BCUT2D eigenvalue weighted by molar-refractivity contribution is 6.53. The Morgan fingerprint density at radius 3 is 2.24 bits per heavy atom. The summed E-state index contributed by atoms with van der Waals surface area (Å²) in [4.78, 5) is 25.5. The van der Waals surface area contributed by atoms with Crippen LogP contribution in [0.2, 0.25) is 15.1 Å². The first-order valence-electron chi connectivity index (χ1n) is 9.57. The molecule has 1 aliphatic carbocycles. The fourth-order valence-electron chi connectivity index (χ4n) is 3.57. The van der Waals surface area contributed by atoms with E-state index in [-0.39, 0.29) is 16.3 Å². The van der Waals surface area contributed by atoms with Crippen LogP contribution in [0, 0.1) is 11.7 Å². The summed E-state index contributed by atoms with van der Waals surface area (Å²) in [6, 6.07) is 14.8. The average molecular weight is 547 g/mol. The van der Waals surface area contributed by atoms with Gasteiger partial charge in [-0.3, -0.25) is 9.59 Å². The van der Waals surface area contributed by atoms with Gasteiger partial charge >= 0.3 is 0 Å². The van der Waals surface area contributed by atoms with E-state index in [2.05, 4.69) is 10.6 Å². The molecule has 0 aromatic heterocycles. The minimum Gasteiger partial charge on any atom is -0.326 e. The highest BCUT2D eigenvalue weighted by Crippen LogP contribution is 2.65. The third kappa shape index (κ3) is 5.23. The molecule has 0 spiro atoms. The van der Waals surface area contributed by atoms with E-state index in [1.165, 1.54) is 18.2 Å². The number of halogens is 6. The second-order valence-corrected chi connectivity index (χ2v) is 10.2. The fraction of sp³-hybridized carbons (Fsp3) is 0.130. The molecule has 10 heteroatoms. The Morgan fingerprint density at radius 2 is 1.58 bits per heavy atom. The van der Waals surface area contributed by atoms with Crippen LogP contribution in [0.3, 0.4) is 0 Å². The van der Waals surface area contributed by atoms with Gasteiger partial charge in [-0.1, -0.05) is 40.9 Å². The molecule has 2 unspecified atom stereocenters. The van der Waals surface area contributed by atoms with E-state index in [9.17, 15) is 14.0 Å². The van der Waals surface area contributed by atoms with E-state index in [1.54, 1.807) is 36.4 Å². The largest absolute Gasteiger partial charge is 0.326 e. The molecule has 1 fully saturated rings. The summed E-state index contributed by atoms with van der Waals surface area (Å²) < 4.78 is 11.9. The van der Waals surface area contributed by atoms with Gasteiger partial charge in [0.25, 0.3) is 5.91 Å². The van der Waals surface area contributed by atoms with Gasteiger partial charge < -0.3 is 10.6 Å². The molecule has 33 heavy (non-hydrogen) atoms. The topological polar surface area (TPSA) is 58.2 Å². The predicted molar refractivity (Wildman–Crippen MR) is 132 cm³/mol. The van der Waals surface area contributed by atoms with Gasteiger partial charge in [0.1, 0.15) is 10.2 Å². The van der Waals surface area contributed by atoms with Gasteiger partial charge in [0.05, 0.1) is 16.6 Å². The Labute approximate surface area is 213 Å². The third-order valence-corrected chi connectivity index (χ3v) is 6.84. The Hall–Kier alpha value is -2.02. The van der Waals surface area contributed by atoms with Crippen molar-refractivity contribution in [1.29, 1.82) is 0 Å². The van der Waals surface area contributed by atoms with Crippen molar-refractivity contribution in [3.8, 4) is 0 Å². The third-order valence-electron chi connectivity index (χ3n) is 5.15. The maximum absolute atomic E-state index is 13.2. The van der Waals surface area contributed by atoms with Gasteiger partial charge in [-0.25, -0.2) is 4.39 Å². The van der Waals surface area contributed by atoms with Crippen LogP contribution >= 0.6 is 58.0 Å². The van der Waals surface area contributed by atoms with Gasteiger partial charge in [0.15, 0.2) is 0 Å². The number of nitrogens with one attached hydrogen (secondary N) is 2. The van der Waals surface area contributed by atoms with Crippen molar-refractivity contribution in [3.63, 3.8) is 0 Å². The summed E-state index contributed by atoms with van der Waals surface area (Å²) in [6.45, 7) is 0. The summed E-state index contributed by atoms with van der Waals surface area (Å²) in [5, 5.41) is 6.22. The maximum Gasteiger partial charge on any atom is 0.255 e. The normalized spacial score (nSPS) is 18.5. The molecule has 3 aromatic carbocycles. The second-order valence-electron chi connectivity index (χ2n) is 7.48. The first-order valence-corrected chi connectivity index (χ1v) is 11.5. The van der Waals surface area contributed by atoms with Crippen LogP contribution in [0.4, 0.5) is 15.8 Å². The van der Waals surface area contributed by atoms with Crippen LogP contribution < -0.4 is 10.6 Å². The average Bonchev–Trinajstić information content (AvgIpc) is 3.31. The molecule has 0 saturated heterocycles. The van der Waals surface area contributed by atoms with Crippen molar-refractivity contribution in [3.05, 3.63) is 92.7 Å². The van der Waals surface area contributed by atoms with Crippen molar-refractivity contribution >= 4 is 81.2 Å². The van der Waals surface area contributed by atoms with Gasteiger partial charge in [0, 0.05) is 27.2 Å². The summed E-state index contributed by atoms with van der Waals surface area (Å²) >= 11 is 30.9. The van der Waals surface area contributed by atoms with E-state index < -0.39 is 33.8 Å². The maximum atomic E-state index is 13.2. The van der Waals surface area contributed by atoms with Crippen LogP contribution in [-0.4, -0.2) is 16.1 Å². The number of amides is 2. The molecule has 1 saturated carbocycles. The lowest BCUT2D eigenvalue weighted by atomic mass is 10.1. The first kappa shape index (κ1) is 24.1. The lowest BCUT2D eigenvalue weighted by molar-refractivity contribution is -0.117.